The largest absolute Gasteiger partial charge is 0.481 e. The van der Waals surface area contributed by atoms with Crippen molar-refractivity contribution in [2.24, 2.45) is 5.92 Å². The lowest BCUT2D eigenvalue weighted by Gasteiger charge is -2.11. The van der Waals surface area contributed by atoms with Gasteiger partial charge in [-0.2, -0.15) is 0 Å². The molecule has 0 amide bonds. The Labute approximate surface area is 115 Å². The van der Waals surface area contributed by atoms with Gasteiger partial charge in [-0.3, -0.25) is 4.79 Å². The molecule has 1 heterocycles. The first kappa shape index (κ1) is 13.1. The number of hydrogen-bond acceptors (Lipinski definition) is 2. The Morgan fingerprint density at radius 2 is 2.11 bits per heavy atom. The van der Waals surface area contributed by atoms with Crippen LogP contribution in [0.25, 0.3) is 0 Å². The third-order valence-corrected chi connectivity index (χ3v) is 3.88. The quantitative estimate of drug-likeness (QED) is 0.902. The van der Waals surface area contributed by atoms with Crippen LogP contribution in [-0.4, -0.2) is 11.1 Å². The standard InChI is InChI=1S/C14H13ClO2S/c15-12-4-1-3-10(8-12)7-11(14(16)17)9-13-5-2-6-18-13/h1-6,8,11H,7,9H2,(H,16,17). The molecule has 2 rings (SSSR count). The molecule has 94 valence electrons. The summed E-state index contributed by atoms with van der Waals surface area (Å²) >= 11 is 7.50. The molecule has 2 aromatic rings. The molecule has 0 spiro atoms. The number of aliphatic carboxylic acids is 1. The van der Waals surface area contributed by atoms with Crippen molar-refractivity contribution in [1.82, 2.24) is 0 Å². The SMILES string of the molecule is O=C(O)C(Cc1cccc(Cl)c1)Cc1cccs1. The van der Waals surface area contributed by atoms with E-state index in [0.29, 0.717) is 17.9 Å². The van der Waals surface area contributed by atoms with Crippen molar-refractivity contribution in [3.05, 3.63) is 57.2 Å². The number of hydrogen-bond donors (Lipinski definition) is 1. The van der Waals surface area contributed by atoms with E-state index in [-0.39, 0.29) is 0 Å². The number of thiophene rings is 1. The molecule has 1 unspecified atom stereocenters. The van der Waals surface area contributed by atoms with Gasteiger partial charge in [0.25, 0.3) is 0 Å². The van der Waals surface area contributed by atoms with Crippen LogP contribution in [0.3, 0.4) is 0 Å². The van der Waals surface area contributed by atoms with Crippen molar-refractivity contribution in [2.75, 3.05) is 0 Å². The van der Waals surface area contributed by atoms with Crippen LogP contribution in [0, 0.1) is 5.92 Å². The highest BCUT2D eigenvalue weighted by Crippen LogP contribution is 2.20. The van der Waals surface area contributed by atoms with Crippen LogP contribution >= 0.6 is 22.9 Å². The molecule has 1 atom stereocenters. The van der Waals surface area contributed by atoms with E-state index in [9.17, 15) is 9.90 Å². The van der Waals surface area contributed by atoms with Crippen molar-refractivity contribution in [2.45, 2.75) is 12.8 Å². The third-order valence-electron chi connectivity index (χ3n) is 2.75. The van der Waals surface area contributed by atoms with Crippen LogP contribution in [0.5, 0.6) is 0 Å². The third kappa shape index (κ3) is 3.59. The number of benzene rings is 1. The fourth-order valence-electron chi connectivity index (χ4n) is 1.87. The van der Waals surface area contributed by atoms with Gasteiger partial charge >= 0.3 is 5.97 Å². The average Bonchev–Trinajstić information content (AvgIpc) is 2.81. The van der Waals surface area contributed by atoms with Gasteiger partial charge in [0.2, 0.25) is 0 Å². The zero-order valence-electron chi connectivity index (χ0n) is 9.67. The van der Waals surface area contributed by atoms with Crippen molar-refractivity contribution in [3.8, 4) is 0 Å². The summed E-state index contributed by atoms with van der Waals surface area (Å²) in [5, 5.41) is 11.9. The Bertz CT molecular complexity index is 522. The van der Waals surface area contributed by atoms with Crippen molar-refractivity contribution >= 4 is 28.9 Å². The first-order valence-electron chi connectivity index (χ1n) is 5.65. The number of rotatable bonds is 5. The van der Waals surface area contributed by atoms with Crippen LogP contribution < -0.4 is 0 Å². The van der Waals surface area contributed by atoms with Crippen molar-refractivity contribution in [3.63, 3.8) is 0 Å². The van der Waals surface area contributed by atoms with Gasteiger partial charge in [-0.1, -0.05) is 29.8 Å². The highest BCUT2D eigenvalue weighted by molar-refractivity contribution is 7.09. The first-order chi connectivity index (χ1) is 8.65. The molecular weight excluding hydrogens is 268 g/mol. The molecule has 1 aromatic heterocycles. The maximum atomic E-state index is 11.3. The highest BCUT2D eigenvalue weighted by Gasteiger charge is 2.19. The minimum absolute atomic E-state index is 0.401. The summed E-state index contributed by atoms with van der Waals surface area (Å²) in [6.07, 6.45) is 1.08. The lowest BCUT2D eigenvalue weighted by atomic mass is 9.96. The van der Waals surface area contributed by atoms with Crippen molar-refractivity contribution in [1.29, 1.82) is 0 Å². The fraction of sp³-hybridized carbons (Fsp3) is 0.214. The molecule has 0 bridgehead atoms. The van der Waals surface area contributed by atoms with Gasteiger partial charge in [-0.15, -0.1) is 11.3 Å². The van der Waals surface area contributed by atoms with E-state index in [4.69, 9.17) is 11.6 Å². The summed E-state index contributed by atoms with van der Waals surface area (Å²) in [7, 11) is 0. The molecule has 0 radical (unpaired) electrons. The second-order valence-corrected chi connectivity index (χ2v) is 5.62. The number of carbonyl (C=O) groups is 1. The predicted molar refractivity (Wildman–Crippen MR) is 74.3 cm³/mol. The Balaban J connectivity index is 2.09. The van der Waals surface area contributed by atoms with Gasteiger partial charge < -0.3 is 5.11 Å². The van der Waals surface area contributed by atoms with Gasteiger partial charge in [0.15, 0.2) is 0 Å². The first-order valence-corrected chi connectivity index (χ1v) is 6.90. The van der Waals surface area contributed by atoms with Crippen molar-refractivity contribution < 1.29 is 9.90 Å². The summed E-state index contributed by atoms with van der Waals surface area (Å²) in [6, 6.07) is 11.3. The van der Waals surface area contributed by atoms with Crippen LogP contribution in [-0.2, 0) is 17.6 Å². The molecule has 2 nitrogen and oxygen atoms in total. The van der Waals surface area contributed by atoms with Gasteiger partial charge in [0, 0.05) is 9.90 Å². The number of halogens is 1. The van der Waals surface area contributed by atoms with E-state index in [1.807, 2.05) is 35.7 Å². The second-order valence-electron chi connectivity index (χ2n) is 4.15. The Morgan fingerprint density at radius 1 is 1.28 bits per heavy atom. The van der Waals surface area contributed by atoms with Gasteiger partial charge in [-0.05, 0) is 42.0 Å². The summed E-state index contributed by atoms with van der Waals surface area (Å²) in [5.74, 6) is -1.16. The minimum Gasteiger partial charge on any atom is -0.481 e. The maximum Gasteiger partial charge on any atom is 0.307 e. The van der Waals surface area contributed by atoms with Crippen LogP contribution in [0.15, 0.2) is 41.8 Å². The maximum absolute atomic E-state index is 11.3. The van der Waals surface area contributed by atoms with E-state index in [2.05, 4.69) is 0 Å². The zero-order chi connectivity index (χ0) is 13.0. The fourth-order valence-corrected chi connectivity index (χ4v) is 2.87. The molecule has 0 fully saturated rings. The topological polar surface area (TPSA) is 37.3 Å². The number of carboxylic acid groups (broad SMARTS) is 1. The highest BCUT2D eigenvalue weighted by atomic mass is 35.5. The second kappa shape index (κ2) is 6.03. The average molecular weight is 281 g/mol. The monoisotopic (exact) mass is 280 g/mol. The predicted octanol–water partition coefficient (Wildman–Crippen LogP) is 3.89. The molecule has 0 aliphatic rings. The van der Waals surface area contributed by atoms with Gasteiger partial charge in [0.1, 0.15) is 0 Å². The van der Waals surface area contributed by atoms with Gasteiger partial charge in [0.05, 0.1) is 5.92 Å². The summed E-state index contributed by atoms with van der Waals surface area (Å²) < 4.78 is 0. The van der Waals surface area contributed by atoms with Crippen LogP contribution in [0.2, 0.25) is 5.02 Å². The van der Waals surface area contributed by atoms with E-state index < -0.39 is 11.9 Å². The van der Waals surface area contributed by atoms with E-state index >= 15 is 0 Å². The Hall–Kier alpha value is -1.32. The Kier molecular flexibility index (Phi) is 4.39. The molecule has 0 aliphatic carbocycles. The molecular formula is C14H13ClO2S. The zero-order valence-corrected chi connectivity index (χ0v) is 11.2. The van der Waals surface area contributed by atoms with Gasteiger partial charge in [-0.25, -0.2) is 0 Å². The molecule has 1 aromatic carbocycles. The molecule has 18 heavy (non-hydrogen) atoms. The lowest BCUT2D eigenvalue weighted by molar-refractivity contribution is -0.141. The molecule has 0 aliphatic heterocycles. The summed E-state index contributed by atoms with van der Waals surface area (Å²) in [6.45, 7) is 0. The Morgan fingerprint density at radius 3 is 2.72 bits per heavy atom. The summed E-state index contributed by atoms with van der Waals surface area (Å²) in [5.41, 5.74) is 0.964. The van der Waals surface area contributed by atoms with Crippen LogP contribution in [0.4, 0.5) is 0 Å². The van der Waals surface area contributed by atoms with E-state index in [1.165, 1.54) is 0 Å². The smallest absolute Gasteiger partial charge is 0.307 e. The number of carboxylic acids is 1. The molecule has 0 saturated carbocycles. The summed E-state index contributed by atoms with van der Waals surface area (Å²) in [4.78, 5) is 12.4. The van der Waals surface area contributed by atoms with E-state index in [1.54, 1.807) is 17.4 Å². The minimum atomic E-state index is -0.761. The molecule has 4 heteroatoms. The molecule has 0 saturated heterocycles. The molecule has 1 N–H and O–H groups in total. The van der Waals surface area contributed by atoms with Crippen LogP contribution in [0.1, 0.15) is 10.4 Å². The normalized spacial score (nSPS) is 12.3. The van der Waals surface area contributed by atoms with E-state index in [0.717, 1.165) is 10.4 Å². The lowest BCUT2D eigenvalue weighted by Crippen LogP contribution is -2.18.